The predicted molar refractivity (Wildman–Crippen MR) is 62.4 cm³/mol. The first-order valence-electron chi connectivity index (χ1n) is 6.12. The van der Waals surface area contributed by atoms with Crippen molar-refractivity contribution in [2.75, 3.05) is 20.3 Å². The van der Waals surface area contributed by atoms with Gasteiger partial charge in [0, 0.05) is 12.5 Å². The Morgan fingerprint density at radius 2 is 2.24 bits per heavy atom. The third-order valence-electron chi connectivity index (χ3n) is 4.34. The Balaban J connectivity index is 2.02. The van der Waals surface area contributed by atoms with Gasteiger partial charge in [0.05, 0.1) is 19.3 Å². The second-order valence-corrected chi connectivity index (χ2v) is 5.15. The molecule has 0 spiro atoms. The van der Waals surface area contributed by atoms with Gasteiger partial charge in [-0.2, -0.15) is 0 Å². The lowest BCUT2D eigenvalue weighted by molar-refractivity contribution is 0.0787. The van der Waals surface area contributed by atoms with Crippen molar-refractivity contribution in [3.05, 3.63) is 35.6 Å². The van der Waals surface area contributed by atoms with Gasteiger partial charge in [-0.05, 0) is 30.4 Å². The Morgan fingerprint density at radius 3 is 3.00 bits per heavy atom. The molecule has 1 aromatic carbocycles. The van der Waals surface area contributed by atoms with E-state index in [0.717, 1.165) is 25.0 Å². The summed E-state index contributed by atoms with van der Waals surface area (Å²) < 4.78 is 25.1. The van der Waals surface area contributed by atoms with Crippen LogP contribution in [0.25, 0.3) is 0 Å². The molecule has 3 heteroatoms. The highest BCUT2D eigenvalue weighted by atomic mass is 19.1. The first-order valence-corrected chi connectivity index (χ1v) is 6.12. The number of fused-ring (bicyclic) bond motifs is 1. The fourth-order valence-electron chi connectivity index (χ4n) is 3.44. The smallest absolute Gasteiger partial charge is 0.127 e. The molecule has 1 aliphatic carbocycles. The number of hydrogen-bond acceptors (Lipinski definition) is 2. The Kier molecular flexibility index (Phi) is 2.68. The summed E-state index contributed by atoms with van der Waals surface area (Å²) in [4.78, 5) is 0. The summed E-state index contributed by atoms with van der Waals surface area (Å²) in [6.45, 7) is 1.35. The quantitative estimate of drug-likeness (QED) is 0.785. The van der Waals surface area contributed by atoms with Gasteiger partial charge >= 0.3 is 0 Å². The van der Waals surface area contributed by atoms with Crippen molar-refractivity contribution < 1.29 is 13.9 Å². The molecule has 1 heterocycles. The zero-order chi connectivity index (χ0) is 11.9. The van der Waals surface area contributed by atoms with Crippen LogP contribution in [0.4, 0.5) is 4.39 Å². The van der Waals surface area contributed by atoms with Crippen LogP contribution >= 0.6 is 0 Å². The van der Waals surface area contributed by atoms with E-state index in [1.165, 1.54) is 0 Å². The Morgan fingerprint density at radius 1 is 1.41 bits per heavy atom. The van der Waals surface area contributed by atoms with Crippen molar-refractivity contribution in [2.24, 2.45) is 5.92 Å². The van der Waals surface area contributed by atoms with Crippen LogP contribution in [0.3, 0.4) is 0 Å². The summed E-state index contributed by atoms with van der Waals surface area (Å²) in [6, 6.07) is 7.08. The minimum absolute atomic E-state index is 0.111. The molecule has 0 N–H and O–H groups in total. The number of methoxy groups -OCH3 is 1. The van der Waals surface area contributed by atoms with Crippen molar-refractivity contribution in [3.63, 3.8) is 0 Å². The maximum absolute atomic E-state index is 14.0. The zero-order valence-corrected chi connectivity index (χ0v) is 9.99. The number of rotatable bonds is 2. The van der Waals surface area contributed by atoms with E-state index < -0.39 is 0 Å². The van der Waals surface area contributed by atoms with E-state index in [1.54, 1.807) is 19.2 Å². The number of halogens is 1. The highest BCUT2D eigenvalue weighted by Gasteiger charge is 2.53. The molecular weight excluding hydrogens is 219 g/mol. The van der Waals surface area contributed by atoms with E-state index in [1.807, 2.05) is 12.1 Å². The van der Waals surface area contributed by atoms with Crippen LogP contribution in [-0.4, -0.2) is 26.4 Å². The highest BCUT2D eigenvalue weighted by Crippen LogP contribution is 2.50. The average Bonchev–Trinajstić information content (AvgIpc) is 2.86. The van der Waals surface area contributed by atoms with Gasteiger partial charge in [-0.25, -0.2) is 4.39 Å². The number of benzene rings is 1. The summed E-state index contributed by atoms with van der Waals surface area (Å²) in [5, 5.41) is 0. The lowest BCUT2D eigenvalue weighted by Crippen LogP contribution is -2.31. The van der Waals surface area contributed by atoms with E-state index in [0.29, 0.717) is 12.5 Å². The van der Waals surface area contributed by atoms with Crippen molar-refractivity contribution in [2.45, 2.75) is 24.4 Å². The lowest BCUT2D eigenvalue weighted by atomic mass is 9.74. The molecule has 0 amide bonds. The van der Waals surface area contributed by atoms with E-state index in [-0.39, 0.29) is 17.3 Å². The van der Waals surface area contributed by atoms with Gasteiger partial charge in [0.1, 0.15) is 5.82 Å². The molecule has 3 atom stereocenters. The molecule has 1 saturated carbocycles. The Hall–Kier alpha value is -0.930. The van der Waals surface area contributed by atoms with Gasteiger partial charge < -0.3 is 9.47 Å². The van der Waals surface area contributed by atoms with Crippen LogP contribution in [0, 0.1) is 11.7 Å². The summed E-state index contributed by atoms with van der Waals surface area (Å²) in [5.41, 5.74) is 0.647. The molecule has 2 aliphatic rings. The molecule has 17 heavy (non-hydrogen) atoms. The maximum atomic E-state index is 14.0. The molecule has 2 nitrogen and oxygen atoms in total. The highest BCUT2D eigenvalue weighted by molar-refractivity contribution is 5.32. The lowest BCUT2D eigenvalue weighted by Gasteiger charge is -2.28. The van der Waals surface area contributed by atoms with Crippen LogP contribution < -0.4 is 0 Å². The molecule has 2 fully saturated rings. The first-order chi connectivity index (χ1) is 8.26. The summed E-state index contributed by atoms with van der Waals surface area (Å²) >= 11 is 0. The van der Waals surface area contributed by atoms with Crippen LogP contribution in [0.1, 0.15) is 18.4 Å². The summed E-state index contributed by atoms with van der Waals surface area (Å²) in [7, 11) is 1.74. The SMILES string of the molecule is CO[C@@H]1C[C@H]2COC[C@@]2(c2ccccc2F)C1. The van der Waals surface area contributed by atoms with E-state index >= 15 is 0 Å². The minimum Gasteiger partial charge on any atom is -0.381 e. The monoisotopic (exact) mass is 236 g/mol. The van der Waals surface area contributed by atoms with Crippen LogP contribution in [0.2, 0.25) is 0 Å². The number of ether oxygens (including phenoxy) is 2. The molecule has 1 aromatic rings. The van der Waals surface area contributed by atoms with Crippen molar-refractivity contribution >= 4 is 0 Å². The summed E-state index contributed by atoms with van der Waals surface area (Å²) in [6.07, 6.45) is 2.09. The van der Waals surface area contributed by atoms with Crippen molar-refractivity contribution in [3.8, 4) is 0 Å². The molecule has 3 rings (SSSR count). The molecule has 0 radical (unpaired) electrons. The number of hydrogen-bond donors (Lipinski definition) is 0. The van der Waals surface area contributed by atoms with Crippen LogP contribution in [0.15, 0.2) is 24.3 Å². The third-order valence-corrected chi connectivity index (χ3v) is 4.34. The van der Waals surface area contributed by atoms with Gasteiger partial charge in [0.25, 0.3) is 0 Å². The largest absolute Gasteiger partial charge is 0.381 e. The van der Waals surface area contributed by atoms with Gasteiger partial charge in [-0.3, -0.25) is 0 Å². The second-order valence-electron chi connectivity index (χ2n) is 5.15. The molecule has 1 aliphatic heterocycles. The Labute approximate surface area is 101 Å². The zero-order valence-electron chi connectivity index (χ0n) is 9.99. The molecule has 92 valence electrons. The fraction of sp³-hybridized carbons (Fsp3) is 0.571. The topological polar surface area (TPSA) is 18.5 Å². The first kappa shape index (κ1) is 11.2. The van der Waals surface area contributed by atoms with Gasteiger partial charge in [-0.1, -0.05) is 18.2 Å². The molecular formula is C14H17FO2. The van der Waals surface area contributed by atoms with Gasteiger partial charge in [0.15, 0.2) is 0 Å². The molecule has 0 unspecified atom stereocenters. The van der Waals surface area contributed by atoms with Crippen molar-refractivity contribution in [1.82, 2.24) is 0 Å². The Bertz CT molecular complexity index is 420. The molecule has 0 bridgehead atoms. The molecule has 0 aromatic heterocycles. The second kappa shape index (κ2) is 4.07. The van der Waals surface area contributed by atoms with E-state index in [4.69, 9.17) is 9.47 Å². The fourth-order valence-corrected chi connectivity index (χ4v) is 3.44. The predicted octanol–water partition coefficient (Wildman–Crippen LogP) is 2.52. The maximum Gasteiger partial charge on any atom is 0.127 e. The van der Waals surface area contributed by atoms with Crippen LogP contribution in [-0.2, 0) is 14.9 Å². The van der Waals surface area contributed by atoms with Crippen molar-refractivity contribution in [1.29, 1.82) is 0 Å². The molecule has 1 saturated heterocycles. The van der Waals surface area contributed by atoms with Gasteiger partial charge in [-0.15, -0.1) is 0 Å². The normalized spacial score (nSPS) is 36.1. The van der Waals surface area contributed by atoms with Gasteiger partial charge in [0.2, 0.25) is 0 Å². The van der Waals surface area contributed by atoms with Crippen LogP contribution in [0.5, 0.6) is 0 Å². The summed E-state index contributed by atoms with van der Waals surface area (Å²) in [5.74, 6) is 0.282. The van der Waals surface area contributed by atoms with E-state index in [9.17, 15) is 4.39 Å². The standard InChI is InChI=1S/C14H17FO2/c1-16-11-6-10-8-17-9-14(10,7-11)12-4-2-3-5-13(12)15/h2-5,10-11H,6-9H2,1H3/t10-,11+,14-/m0/s1. The minimum atomic E-state index is -0.161. The average molecular weight is 236 g/mol. The van der Waals surface area contributed by atoms with E-state index in [2.05, 4.69) is 0 Å². The third kappa shape index (κ3) is 1.60.